The lowest BCUT2D eigenvalue weighted by atomic mass is 10.0. The minimum atomic E-state index is -1.11. The van der Waals surface area contributed by atoms with Crippen LogP contribution in [-0.2, 0) is 9.53 Å². The van der Waals surface area contributed by atoms with Gasteiger partial charge in [-0.3, -0.25) is 4.79 Å². The van der Waals surface area contributed by atoms with Gasteiger partial charge in [0.25, 0.3) is 0 Å². The van der Waals surface area contributed by atoms with Gasteiger partial charge in [0, 0.05) is 13.0 Å². The number of halogens is 1. The number of carboxylic acid groups (broad SMARTS) is 1. The molecule has 1 rings (SSSR count). The first kappa shape index (κ1) is 9.68. The van der Waals surface area contributed by atoms with E-state index in [9.17, 15) is 4.79 Å². The summed E-state index contributed by atoms with van der Waals surface area (Å²) in [6.45, 7) is 0.602. The summed E-state index contributed by atoms with van der Waals surface area (Å²) >= 11 is 0. The molecule has 0 spiro atoms. The van der Waals surface area contributed by atoms with Crippen LogP contribution < -0.4 is 5.73 Å². The van der Waals surface area contributed by atoms with E-state index in [0.29, 0.717) is 13.0 Å². The molecule has 0 bridgehead atoms. The van der Waals surface area contributed by atoms with Gasteiger partial charge in [-0.15, -0.1) is 12.4 Å². The minimum Gasteiger partial charge on any atom is -0.480 e. The molecule has 0 aromatic carbocycles. The summed E-state index contributed by atoms with van der Waals surface area (Å²) in [6, 6.07) is 0. The van der Waals surface area contributed by atoms with Crippen molar-refractivity contribution in [1.82, 2.24) is 0 Å². The molecule has 5 heteroatoms. The van der Waals surface area contributed by atoms with Crippen molar-refractivity contribution in [2.75, 3.05) is 13.2 Å². The third kappa shape index (κ3) is 1.59. The van der Waals surface area contributed by atoms with Gasteiger partial charge in [0.2, 0.25) is 0 Å². The smallest absolute Gasteiger partial charge is 0.326 e. The quantitative estimate of drug-likeness (QED) is 0.558. The summed E-state index contributed by atoms with van der Waals surface area (Å²) in [4.78, 5) is 10.3. The first-order valence-corrected chi connectivity index (χ1v) is 2.75. The minimum absolute atomic E-state index is 0. The Morgan fingerprint density at radius 3 is 2.50 bits per heavy atom. The molecule has 10 heavy (non-hydrogen) atoms. The third-order valence-corrected chi connectivity index (χ3v) is 1.48. The molecule has 0 aromatic rings. The van der Waals surface area contributed by atoms with Crippen molar-refractivity contribution in [3.63, 3.8) is 0 Å². The molecule has 1 saturated heterocycles. The lowest BCUT2D eigenvalue weighted by Gasteiger charge is -2.13. The number of rotatable bonds is 1. The molecule has 4 nitrogen and oxygen atoms in total. The summed E-state index contributed by atoms with van der Waals surface area (Å²) in [5.41, 5.74) is 4.27. The molecule has 1 heterocycles. The van der Waals surface area contributed by atoms with Crippen LogP contribution in [0.4, 0.5) is 0 Å². The van der Waals surface area contributed by atoms with Crippen molar-refractivity contribution in [2.24, 2.45) is 5.73 Å². The number of nitrogens with two attached hydrogens (primary N) is 1. The van der Waals surface area contributed by atoms with Gasteiger partial charge in [-0.1, -0.05) is 0 Å². The van der Waals surface area contributed by atoms with Crippen molar-refractivity contribution in [2.45, 2.75) is 12.0 Å². The average molecular weight is 168 g/mol. The molecule has 60 valence electrons. The molecular formula is C5H10ClNO3. The Kier molecular flexibility index (Phi) is 3.08. The Balaban J connectivity index is 0.000000810. The second kappa shape index (κ2) is 3.18. The zero-order valence-electron chi connectivity index (χ0n) is 5.37. The normalized spacial score (nSPS) is 31.3. The van der Waals surface area contributed by atoms with E-state index in [2.05, 4.69) is 0 Å². The maximum atomic E-state index is 10.3. The Morgan fingerprint density at radius 1 is 1.70 bits per heavy atom. The fraction of sp³-hybridized carbons (Fsp3) is 0.800. The van der Waals surface area contributed by atoms with Gasteiger partial charge >= 0.3 is 5.97 Å². The highest BCUT2D eigenvalue weighted by Crippen LogP contribution is 2.14. The largest absolute Gasteiger partial charge is 0.480 e. The zero-order chi connectivity index (χ0) is 6.91. The van der Waals surface area contributed by atoms with Crippen molar-refractivity contribution in [3.8, 4) is 0 Å². The summed E-state index contributed by atoms with van der Waals surface area (Å²) < 4.78 is 4.82. The molecule has 1 unspecified atom stereocenters. The van der Waals surface area contributed by atoms with E-state index in [4.69, 9.17) is 15.6 Å². The summed E-state index contributed by atoms with van der Waals surface area (Å²) in [6.07, 6.45) is 0.419. The third-order valence-electron chi connectivity index (χ3n) is 1.48. The molecule has 1 aliphatic rings. The SMILES string of the molecule is Cl.NC1(C(=O)O)CCOC1. The Labute approximate surface area is 64.8 Å². The lowest BCUT2D eigenvalue weighted by Crippen LogP contribution is -2.48. The number of carbonyl (C=O) groups is 1. The predicted molar refractivity (Wildman–Crippen MR) is 37.2 cm³/mol. The van der Waals surface area contributed by atoms with E-state index in [1.165, 1.54) is 0 Å². The van der Waals surface area contributed by atoms with Crippen LogP contribution in [0.2, 0.25) is 0 Å². The highest BCUT2D eigenvalue weighted by molar-refractivity contribution is 5.85. The van der Waals surface area contributed by atoms with E-state index in [1.807, 2.05) is 0 Å². The highest BCUT2D eigenvalue weighted by Gasteiger charge is 2.37. The molecule has 0 radical (unpaired) electrons. The van der Waals surface area contributed by atoms with E-state index in [-0.39, 0.29) is 19.0 Å². The van der Waals surface area contributed by atoms with E-state index < -0.39 is 11.5 Å². The summed E-state index contributed by atoms with van der Waals surface area (Å²) in [5, 5.41) is 8.47. The highest BCUT2D eigenvalue weighted by atomic mass is 35.5. The van der Waals surface area contributed by atoms with Crippen LogP contribution in [0.25, 0.3) is 0 Å². The number of hydrogen-bond donors (Lipinski definition) is 2. The maximum absolute atomic E-state index is 10.3. The van der Waals surface area contributed by atoms with Crippen LogP contribution in [-0.4, -0.2) is 29.8 Å². The Hall–Kier alpha value is -0.320. The first-order valence-electron chi connectivity index (χ1n) is 2.75. The molecule has 1 fully saturated rings. The molecule has 0 amide bonds. The van der Waals surface area contributed by atoms with Crippen LogP contribution in [0, 0.1) is 0 Å². The van der Waals surface area contributed by atoms with Crippen molar-refractivity contribution in [3.05, 3.63) is 0 Å². The molecule has 3 N–H and O–H groups in total. The van der Waals surface area contributed by atoms with Gasteiger partial charge in [0.15, 0.2) is 0 Å². The van der Waals surface area contributed by atoms with Gasteiger partial charge in [-0.05, 0) is 0 Å². The lowest BCUT2D eigenvalue weighted by molar-refractivity contribution is -0.143. The molecule has 0 saturated carbocycles. The molecule has 0 aliphatic carbocycles. The van der Waals surface area contributed by atoms with E-state index in [1.54, 1.807) is 0 Å². The van der Waals surface area contributed by atoms with Crippen molar-refractivity contribution < 1.29 is 14.6 Å². The van der Waals surface area contributed by atoms with Crippen LogP contribution in [0.1, 0.15) is 6.42 Å². The van der Waals surface area contributed by atoms with Gasteiger partial charge in [0.05, 0.1) is 6.61 Å². The molecule has 1 atom stereocenters. The average Bonchev–Trinajstić information content (AvgIpc) is 2.16. The fourth-order valence-corrected chi connectivity index (χ4v) is 0.749. The van der Waals surface area contributed by atoms with Gasteiger partial charge < -0.3 is 15.6 Å². The standard InChI is InChI=1S/C5H9NO3.ClH/c6-5(4(7)8)1-2-9-3-5;/h1-3,6H2,(H,7,8);1H. The molecular weight excluding hydrogens is 158 g/mol. The van der Waals surface area contributed by atoms with E-state index >= 15 is 0 Å². The Bertz CT molecular complexity index is 133. The summed E-state index contributed by atoms with van der Waals surface area (Å²) in [5.74, 6) is -0.972. The van der Waals surface area contributed by atoms with E-state index in [0.717, 1.165) is 0 Å². The second-order valence-corrected chi connectivity index (χ2v) is 2.26. The number of aliphatic carboxylic acids is 1. The number of hydrogen-bond acceptors (Lipinski definition) is 3. The van der Waals surface area contributed by atoms with Crippen LogP contribution >= 0.6 is 12.4 Å². The van der Waals surface area contributed by atoms with Crippen molar-refractivity contribution in [1.29, 1.82) is 0 Å². The van der Waals surface area contributed by atoms with Crippen LogP contribution in [0.5, 0.6) is 0 Å². The second-order valence-electron chi connectivity index (χ2n) is 2.26. The topological polar surface area (TPSA) is 72.6 Å². The van der Waals surface area contributed by atoms with Gasteiger partial charge in [-0.25, -0.2) is 0 Å². The van der Waals surface area contributed by atoms with Gasteiger partial charge in [-0.2, -0.15) is 0 Å². The van der Waals surface area contributed by atoms with Gasteiger partial charge in [0.1, 0.15) is 5.54 Å². The maximum Gasteiger partial charge on any atom is 0.326 e. The zero-order valence-corrected chi connectivity index (χ0v) is 6.19. The van der Waals surface area contributed by atoms with Crippen LogP contribution in [0.3, 0.4) is 0 Å². The monoisotopic (exact) mass is 167 g/mol. The number of carboxylic acids is 1. The molecule has 1 aliphatic heterocycles. The van der Waals surface area contributed by atoms with Crippen molar-refractivity contribution >= 4 is 18.4 Å². The number of ether oxygens (including phenoxy) is 1. The van der Waals surface area contributed by atoms with Crippen LogP contribution in [0.15, 0.2) is 0 Å². The predicted octanol–water partition coefficient (Wildman–Crippen LogP) is -0.389. The fourth-order valence-electron chi connectivity index (χ4n) is 0.749. The molecule has 0 aromatic heterocycles. The Morgan fingerprint density at radius 2 is 2.30 bits per heavy atom. The first-order chi connectivity index (χ1) is 4.15. The summed E-state index contributed by atoms with van der Waals surface area (Å²) in [7, 11) is 0.